The van der Waals surface area contributed by atoms with E-state index in [9.17, 15) is 9.59 Å². The first-order valence-electron chi connectivity index (χ1n) is 5.42. The summed E-state index contributed by atoms with van der Waals surface area (Å²) in [6.45, 7) is 2.21. The van der Waals surface area contributed by atoms with Crippen LogP contribution in [-0.2, 0) is 4.79 Å². The number of hydrogen-bond donors (Lipinski definition) is 3. The van der Waals surface area contributed by atoms with E-state index in [2.05, 4.69) is 10.6 Å². The molecule has 1 fully saturated rings. The summed E-state index contributed by atoms with van der Waals surface area (Å²) in [5.74, 6) is 1.20. The maximum absolute atomic E-state index is 11.4. The third-order valence-electron chi connectivity index (χ3n) is 2.40. The molecular formula is C10H18N2O3S. The highest BCUT2D eigenvalue weighted by Gasteiger charge is 2.17. The van der Waals surface area contributed by atoms with Crippen molar-refractivity contribution in [2.24, 2.45) is 5.92 Å². The molecule has 92 valence electrons. The average Bonchev–Trinajstić information content (AvgIpc) is 2.66. The van der Waals surface area contributed by atoms with Gasteiger partial charge in [-0.2, -0.15) is 11.8 Å². The summed E-state index contributed by atoms with van der Waals surface area (Å²) in [5.41, 5.74) is 0. The lowest BCUT2D eigenvalue weighted by Gasteiger charge is -2.14. The number of amides is 2. The second kappa shape index (κ2) is 6.62. The van der Waals surface area contributed by atoms with E-state index < -0.39 is 5.97 Å². The number of carbonyl (C=O) groups excluding carboxylic acids is 1. The Balaban J connectivity index is 2.11. The molecule has 1 saturated heterocycles. The Labute approximate surface area is 99.4 Å². The summed E-state index contributed by atoms with van der Waals surface area (Å²) < 4.78 is 0. The zero-order valence-electron chi connectivity index (χ0n) is 9.36. The normalized spacial score (nSPS) is 21.4. The number of hydrogen-bond acceptors (Lipinski definition) is 3. The first kappa shape index (κ1) is 13.2. The molecule has 1 aliphatic heterocycles. The van der Waals surface area contributed by atoms with Crippen molar-refractivity contribution in [3.8, 4) is 0 Å². The largest absolute Gasteiger partial charge is 0.481 e. The fourth-order valence-corrected chi connectivity index (χ4v) is 2.67. The van der Waals surface area contributed by atoms with Crippen molar-refractivity contribution in [2.45, 2.75) is 25.8 Å². The van der Waals surface area contributed by atoms with Crippen LogP contribution < -0.4 is 10.6 Å². The fourth-order valence-electron chi connectivity index (χ4n) is 1.52. The van der Waals surface area contributed by atoms with Crippen LogP contribution in [0.3, 0.4) is 0 Å². The molecule has 5 nitrogen and oxygen atoms in total. The molecule has 6 heteroatoms. The summed E-state index contributed by atoms with van der Waals surface area (Å²) in [4.78, 5) is 21.8. The molecule has 0 radical (unpaired) electrons. The number of urea groups is 1. The van der Waals surface area contributed by atoms with Crippen LogP contribution in [0.25, 0.3) is 0 Å². The van der Waals surface area contributed by atoms with Crippen LogP contribution in [0.2, 0.25) is 0 Å². The van der Waals surface area contributed by atoms with Gasteiger partial charge in [0.2, 0.25) is 0 Å². The number of carboxylic acids is 1. The molecule has 2 unspecified atom stereocenters. The molecule has 2 amide bonds. The molecule has 0 aromatic heterocycles. The van der Waals surface area contributed by atoms with Gasteiger partial charge in [-0.1, -0.05) is 6.92 Å². The smallest absolute Gasteiger partial charge is 0.315 e. The minimum absolute atomic E-state index is 0.0406. The lowest BCUT2D eigenvalue weighted by atomic mass is 10.1. The SMILES string of the molecule is CC(CNC(=O)NC1CCSC1)CC(=O)O. The fraction of sp³-hybridized carbons (Fsp3) is 0.800. The molecular weight excluding hydrogens is 228 g/mol. The molecule has 16 heavy (non-hydrogen) atoms. The first-order chi connectivity index (χ1) is 7.58. The van der Waals surface area contributed by atoms with Crippen LogP contribution in [0.1, 0.15) is 19.8 Å². The molecule has 1 heterocycles. The molecule has 1 aliphatic rings. The van der Waals surface area contributed by atoms with Crippen molar-refractivity contribution in [2.75, 3.05) is 18.1 Å². The standard InChI is InChI=1S/C10H18N2O3S/c1-7(4-9(13)14)5-11-10(15)12-8-2-3-16-6-8/h7-8H,2-6H2,1H3,(H,13,14)(H2,11,12,15). The number of thioether (sulfide) groups is 1. The van der Waals surface area contributed by atoms with Gasteiger partial charge in [-0.3, -0.25) is 4.79 Å². The number of carbonyl (C=O) groups is 2. The van der Waals surface area contributed by atoms with Crippen molar-refractivity contribution >= 4 is 23.8 Å². The minimum Gasteiger partial charge on any atom is -0.481 e. The summed E-state index contributed by atoms with van der Waals surface area (Å²) in [5, 5.41) is 14.1. The van der Waals surface area contributed by atoms with Gasteiger partial charge in [0.1, 0.15) is 0 Å². The van der Waals surface area contributed by atoms with E-state index in [0.29, 0.717) is 6.54 Å². The van der Waals surface area contributed by atoms with Crippen molar-refractivity contribution in [1.82, 2.24) is 10.6 Å². The minimum atomic E-state index is -0.832. The second-order valence-corrected chi connectivity index (χ2v) is 5.27. The van der Waals surface area contributed by atoms with Crippen molar-refractivity contribution in [3.63, 3.8) is 0 Å². The highest BCUT2D eigenvalue weighted by Crippen LogP contribution is 2.16. The van der Waals surface area contributed by atoms with Crippen LogP contribution in [-0.4, -0.2) is 41.2 Å². The number of rotatable bonds is 5. The predicted molar refractivity (Wildman–Crippen MR) is 63.7 cm³/mol. The van der Waals surface area contributed by atoms with Gasteiger partial charge in [-0.25, -0.2) is 4.79 Å². The third-order valence-corrected chi connectivity index (χ3v) is 3.56. The summed E-state index contributed by atoms with van der Waals surface area (Å²) >= 11 is 1.84. The topological polar surface area (TPSA) is 78.4 Å². The van der Waals surface area contributed by atoms with Gasteiger partial charge in [-0.15, -0.1) is 0 Å². The predicted octanol–water partition coefficient (Wildman–Crippen LogP) is 0.902. The van der Waals surface area contributed by atoms with Crippen LogP contribution in [0.5, 0.6) is 0 Å². The lowest BCUT2D eigenvalue weighted by molar-refractivity contribution is -0.137. The number of carboxylic acid groups (broad SMARTS) is 1. The third kappa shape index (κ3) is 5.25. The zero-order valence-corrected chi connectivity index (χ0v) is 10.2. The summed E-state index contributed by atoms with van der Waals surface area (Å²) in [6.07, 6.45) is 1.10. The summed E-state index contributed by atoms with van der Waals surface area (Å²) in [7, 11) is 0. The average molecular weight is 246 g/mol. The van der Waals surface area contributed by atoms with E-state index in [1.54, 1.807) is 6.92 Å². The van der Waals surface area contributed by atoms with E-state index in [1.807, 2.05) is 11.8 Å². The quantitative estimate of drug-likeness (QED) is 0.673. The van der Waals surface area contributed by atoms with Gasteiger partial charge < -0.3 is 15.7 Å². The van der Waals surface area contributed by atoms with Crippen LogP contribution >= 0.6 is 11.8 Å². The van der Waals surface area contributed by atoms with Gasteiger partial charge in [-0.05, 0) is 18.1 Å². The highest BCUT2D eigenvalue weighted by atomic mass is 32.2. The van der Waals surface area contributed by atoms with Gasteiger partial charge in [0, 0.05) is 24.8 Å². The van der Waals surface area contributed by atoms with Crippen molar-refractivity contribution in [1.29, 1.82) is 0 Å². The van der Waals surface area contributed by atoms with E-state index in [4.69, 9.17) is 5.11 Å². The van der Waals surface area contributed by atoms with Gasteiger partial charge >= 0.3 is 12.0 Å². The first-order valence-corrected chi connectivity index (χ1v) is 6.57. The van der Waals surface area contributed by atoms with Crippen molar-refractivity contribution < 1.29 is 14.7 Å². The monoisotopic (exact) mass is 246 g/mol. The molecule has 0 aromatic rings. The van der Waals surface area contributed by atoms with Gasteiger partial charge in [0.05, 0.1) is 0 Å². The highest BCUT2D eigenvalue weighted by molar-refractivity contribution is 7.99. The van der Waals surface area contributed by atoms with E-state index in [0.717, 1.165) is 17.9 Å². The van der Waals surface area contributed by atoms with Gasteiger partial charge in [0.15, 0.2) is 0 Å². The Morgan fingerprint density at radius 2 is 2.31 bits per heavy atom. The molecule has 0 bridgehead atoms. The Kier molecular flexibility index (Phi) is 5.45. The van der Waals surface area contributed by atoms with E-state index in [1.165, 1.54) is 0 Å². The molecule has 1 rings (SSSR count). The zero-order chi connectivity index (χ0) is 12.0. The lowest BCUT2D eigenvalue weighted by Crippen LogP contribution is -2.43. The Morgan fingerprint density at radius 3 is 2.88 bits per heavy atom. The molecule has 0 aromatic carbocycles. The Morgan fingerprint density at radius 1 is 1.56 bits per heavy atom. The maximum Gasteiger partial charge on any atom is 0.315 e. The van der Waals surface area contributed by atoms with E-state index >= 15 is 0 Å². The van der Waals surface area contributed by atoms with Crippen LogP contribution in [0.15, 0.2) is 0 Å². The van der Waals surface area contributed by atoms with Crippen LogP contribution in [0, 0.1) is 5.92 Å². The van der Waals surface area contributed by atoms with Crippen molar-refractivity contribution in [3.05, 3.63) is 0 Å². The number of aliphatic carboxylic acids is 1. The number of nitrogens with one attached hydrogen (secondary N) is 2. The summed E-state index contributed by atoms with van der Waals surface area (Å²) in [6, 6.07) is 0.0736. The van der Waals surface area contributed by atoms with Gasteiger partial charge in [0.25, 0.3) is 0 Å². The molecule has 0 saturated carbocycles. The van der Waals surface area contributed by atoms with E-state index in [-0.39, 0.29) is 24.4 Å². The Hall–Kier alpha value is -0.910. The Bertz CT molecular complexity index is 254. The van der Waals surface area contributed by atoms with Crippen LogP contribution in [0.4, 0.5) is 4.79 Å². The second-order valence-electron chi connectivity index (χ2n) is 4.12. The molecule has 2 atom stereocenters. The molecule has 0 aliphatic carbocycles. The molecule has 0 spiro atoms. The molecule has 3 N–H and O–H groups in total. The maximum atomic E-state index is 11.4.